The Morgan fingerprint density at radius 2 is 1.81 bits per heavy atom. The molecule has 2 aromatic carbocycles. The Bertz CT molecular complexity index is 1030. The Balaban J connectivity index is 1.52. The molecule has 0 aliphatic carbocycles. The second-order valence-electron chi connectivity index (χ2n) is 6.08. The maximum Gasteiger partial charge on any atom is 0.241 e. The van der Waals surface area contributed by atoms with Crippen LogP contribution < -0.4 is 14.2 Å². The van der Waals surface area contributed by atoms with E-state index >= 15 is 0 Å². The average Bonchev–Trinajstić information content (AvgIpc) is 3.22. The lowest BCUT2D eigenvalue weighted by molar-refractivity contribution is 0.171. The van der Waals surface area contributed by atoms with Crippen LogP contribution in [0.2, 0.25) is 0 Å². The minimum atomic E-state index is -3.71. The van der Waals surface area contributed by atoms with Gasteiger partial charge in [0.2, 0.25) is 10.0 Å². The van der Waals surface area contributed by atoms with E-state index in [9.17, 15) is 8.42 Å². The topological polar surface area (TPSA) is 95.3 Å². The number of rotatable bonds is 5. The van der Waals surface area contributed by atoms with Crippen molar-refractivity contribution in [3.05, 3.63) is 60.7 Å². The number of fused-ring (bicyclic) bond motifs is 1. The molecule has 0 radical (unpaired) electrons. The number of benzene rings is 2. The van der Waals surface area contributed by atoms with Gasteiger partial charge in [-0.25, -0.2) is 22.8 Å². The van der Waals surface area contributed by atoms with Gasteiger partial charge in [-0.1, -0.05) is 12.1 Å². The van der Waals surface area contributed by atoms with Gasteiger partial charge in [0, 0.05) is 12.1 Å². The molecule has 0 saturated heterocycles. The van der Waals surface area contributed by atoms with Gasteiger partial charge in [0.1, 0.15) is 25.9 Å². The van der Waals surface area contributed by atoms with Crippen LogP contribution in [0.4, 0.5) is 0 Å². The number of hydrogen-bond donors (Lipinski definition) is 1. The molecule has 8 nitrogen and oxygen atoms in total. The van der Waals surface area contributed by atoms with E-state index in [4.69, 9.17) is 9.47 Å². The fraction of sp³-hybridized carbons (Fsp3) is 0.222. The van der Waals surface area contributed by atoms with Gasteiger partial charge in [-0.2, -0.15) is 5.10 Å². The molecule has 3 aromatic rings. The first-order chi connectivity index (χ1) is 13.0. The monoisotopic (exact) mass is 386 g/mol. The van der Waals surface area contributed by atoms with Crippen molar-refractivity contribution in [3.63, 3.8) is 0 Å². The van der Waals surface area contributed by atoms with Crippen LogP contribution in [0, 0.1) is 0 Å². The van der Waals surface area contributed by atoms with Gasteiger partial charge in [-0.15, -0.1) is 0 Å². The van der Waals surface area contributed by atoms with Crippen LogP contribution in [0.5, 0.6) is 11.5 Å². The second kappa shape index (κ2) is 7.01. The summed E-state index contributed by atoms with van der Waals surface area (Å²) in [5, 5.41) is 4.07. The summed E-state index contributed by atoms with van der Waals surface area (Å²) in [4.78, 5) is 4.05. The number of ether oxygens (including phenoxy) is 2. The minimum absolute atomic E-state index is 0.137. The molecule has 9 heteroatoms. The highest BCUT2D eigenvalue weighted by Gasteiger charge is 2.21. The maximum atomic E-state index is 12.7. The van der Waals surface area contributed by atoms with E-state index in [1.165, 1.54) is 18.5 Å². The van der Waals surface area contributed by atoms with E-state index in [0.29, 0.717) is 24.7 Å². The number of aromatic nitrogens is 3. The molecule has 27 heavy (non-hydrogen) atoms. The third-order valence-corrected chi connectivity index (χ3v) is 5.77. The Labute approximate surface area is 156 Å². The van der Waals surface area contributed by atoms with Crippen molar-refractivity contribution in [2.75, 3.05) is 13.2 Å². The third kappa shape index (κ3) is 3.64. The number of nitrogens with one attached hydrogen (secondary N) is 1. The summed E-state index contributed by atoms with van der Waals surface area (Å²) in [6.07, 6.45) is 3.06. The highest BCUT2D eigenvalue weighted by molar-refractivity contribution is 7.89. The molecular formula is C18H18N4O4S. The van der Waals surface area contributed by atoms with E-state index in [-0.39, 0.29) is 4.90 Å². The molecule has 4 rings (SSSR count). The summed E-state index contributed by atoms with van der Waals surface area (Å²) in [5.74, 6) is 0.992. The lowest BCUT2D eigenvalue weighted by Gasteiger charge is -2.20. The summed E-state index contributed by atoms with van der Waals surface area (Å²) >= 11 is 0. The lowest BCUT2D eigenvalue weighted by atomic mass is 10.1. The number of hydrogen-bond acceptors (Lipinski definition) is 6. The molecule has 0 fully saturated rings. The van der Waals surface area contributed by atoms with Gasteiger partial charge in [0.25, 0.3) is 0 Å². The van der Waals surface area contributed by atoms with Crippen LogP contribution >= 0.6 is 0 Å². The van der Waals surface area contributed by atoms with Crippen LogP contribution in [0.25, 0.3) is 5.69 Å². The largest absolute Gasteiger partial charge is 0.486 e. The van der Waals surface area contributed by atoms with Crippen LogP contribution in [0.1, 0.15) is 18.5 Å². The van der Waals surface area contributed by atoms with Gasteiger partial charge < -0.3 is 9.47 Å². The first kappa shape index (κ1) is 17.5. The molecule has 0 amide bonds. The van der Waals surface area contributed by atoms with Crippen molar-refractivity contribution in [2.45, 2.75) is 17.9 Å². The molecule has 0 unspecified atom stereocenters. The molecular weight excluding hydrogens is 368 g/mol. The van der Waals surface area contributed by atoms with Crippen LogP contribution in [-0.2, 0) is 10.0 Å². The highest BCUT2D eigenvalue weighted by Crippen LogP contribution is 2.32. The molecule has 1 aliphatic rings. The zero-order chi connectivity index (χ0) is 18.9. The fourth-order valence-electron chi connectivity index (χ4n) is 2.82. The zero-order valence-corrected chi connectivity index (χ0v) is 15.4. The predicted molar refractivity (Wildman–Crippen MR) is 97.5 cm³/mol. The molecule has 0 saturated carbocycles. The van der Waals surface area contributed by atoms with Gasteiger partial charge in [-0.05, 0) is 36.8 Å². The molecule has 1 atom stereocenters. The quantitative estimate of drug-likeness (QED) is 0.721. The Kier molecular flexibility index (Phi) is 4.54. The van der Waals surface area contributed by atoms with E-state index in [2.05, 4.69) is 14.8 Å². The van der Waals surface area contributed by atoms with Gasteiger partial charge in [0.05, 0.1) is 10.6 Å². The van der Waals surface area contributed by atoms with E-state index in [1.807, 2.05) is 24.3 Å². The van der Waals surface area contributed by atoms with Gasteiger partial charge in [0.15, 0.2) is 11.5 Å². The van der Waals surface area contributed by atoms with Gasteiger partial charge >= 0.3 is 0 Å². The molecule has 1 N–H and O–H groups in total. The zero-order valence-electron chi connectivity index (χ0n) is 14.6. The lowest BCUT2D eigenvalue weighted by Crippen LogP contribution is -2.27. The fourth-order valence-corrected chi connectivity index (χ4v) is 4.06. The SMILES string of the molecule is C[C@H](NS(=O)(=O)c1ccc2c(c1)OCCO2)c1ccc(-n2cncn2)cc1. The van der Waals surface area contributed by atoms with E-state index in [0.717, 1.165) is 11.3 Å². The minimum Gasteiger partial charge on any atom is -0.486 e. The Morgan fingerprint density at radius 1 is 1.07 bits per heavy atom. The van der Waals surface area contributed by atoms with Crippen molar-refractivity contribution >= 4 is 10.0 Å². The van der Waals surface area contributed by atoms with E-state index < -0.39 is 16.1 Å². The third-order valence-electron chi connectivity index (χ3n) is 4.23. The highest BCUT2D eigenvalue weighted by atomic mass is 32.2. The summed E-state index contributed by atoms with van der Waals surface area (Å²) in [6.45, 7) is 2.65. The summed E-state index contributed by atoms with van der Waals surface area (Å²) in [5.41, 5.74) is 1.68. The number of nitrogens with zero attached hydrogens (tertiary/aromatic N) is 3. The van der Waals surface area contributed by atoms with Gasteiger partial charge in [-0.3, -0.25) is 0 Å². The van der Waals surface area contributed by atoms with Crippen molar-refractivity contribution < 1.29 is 17.9 Å². The molecule has 0 bridgehead atoms. The Morgan fingerprint density at radius 3 is 2.52 bits per heavy atom. The smallest absolute Gasteiger partial charge is 0.241 e. The summed E-state index contributed by atoms with van der Waals surface area (Å²) in [6, 6.07) is 11.6. The first-order valence-electron chi connectivity index (χ1n) is 8.40. The second-order valence-corrected chi connectivity index (χ2v) is 7.79. The Hall–Kier alpha value is -2.91. The molecule has 1 aliphatic heterocycles. The summed E-state index contributed by atoms with van der Waals surface area (Å²) in [7, 11) is -3.71. The molecule has 0 spiro atoms. The summed E-state index contributed by atoms with van der Waals surface area (Å²) < 4.78 is 40.7. The van der Waals surface area contributed by atoms with E-state index in [1.54, 1.807) is 24.0 Å². The van der Waals surface area contributed by atoms with Crippen molar-refractivity contribution in [2.24, 2.45) is 0 Å². The number of sulfonamides is 1. The van der Waals surface area contributed by atoms with Crippen molar-refractivity contribution in [1.82, 2.24) is 19.5 Å². The maximum absolute atomic E-state index is 12.7. The molecule has 2 heterocycles. The van der Waals surface area contributed by atoms with Crippen LogP contribution in [0.3, 0.4) is 0 Å². The molecule has 140 valence electrons. The first-order valence-corrected chi connectivity index (χ1v) is 9.88. The van der Waals surface area contributed by atoms with Crippen molar-refractivity contribution in [1.29, 1.82) is 0 Å². The standard InChI is InChI=1S/C18H18N4O4S/c1-13(14-2-4-15(5-3-14)22-12-19-11-20-22)21-27(23,24)16-6-7-17-18(10-16)26-9-8-25-17/h2-7,10-13,21H,8-9H2,1H3/t13-/m0/s1. The average molecular weight is 386 g/mol. The predicted octanol–water partition coefficient (Wildman–Crippen LogP) is 2.08. The van der Waals surface area contributed by atoms with Crippen molar-refractivity contribution in [3.8, 4) is 17.2 Å². The van der Waals surface area contributed by atoms with Crippen LogP contribution in [0.15, 0.2) is 60.0 Å². The normalized spacial score (nSPS) is 14.7. The van der Waals surface area contributed by atoms with Crippen LogP contribution in [-0.4, -0.2) is 36.4 Å². The molecule has 1 aromatic heterocycles.